The summed E-state index contributed by atoms with van der Waals surface area (Å²) in [5, 5.41) is 0. The summed E-state index contributed by atoms with van der Waals surface area (Å²) in [4.78, 5) is 2.41. The lowest BCUT2D eigenvalue weighted by Gasteiger charge is -2.31. The molecule has 1 aromatic rings. The topological polar surface area (TPSA) is 29.3 Å². The fourth-order valence-electron chi connectivity index (χ4n) is 2.28. The van der Waals surface area contributed by atoms with Crippen molar-refractivity contribution in [2.75, 3.05) is 20.1 Å². The molecule has 0 saturated heterocycles. The van der Waals surface area contributed by atoms with E-state index in [0.29, 0.717) is 12.0 Å². The number of nitrogens with two attached hydrogens (primary N) is 1. The van der Waals surface area contributed by atoms with Crippen molar-refractivity contribution in [3.63, 3.8) is 0 Å². The van der Waals surface area contributed by atoms with Crippen molar-refractivity contribution in [2.24, 2.45) is 11.7 Å². The van der Waals surface area contributed by atoms with E-state index in [1.807, 2.05) is 0 Å². The Morgan fingerprint density at radius 2 is 1.81 bits per heavy atom. The molecule has 1 unspecified atom stereocenters. The average Bonchev–Trinajstić information content (AvgIpc) is 2.27. The Labute approximate surface area is 99.5 Å². The van der Waals surface area contributed by atoms with Gasteiger partial charge < -0.3 is 5.73 Å². The monoisotopic (exact) mass is 220 g/mol. The molecule has 0 amide bonds. The van der Waals surface area contributed by atoms with Crippen LogP contribution in [0.4, 0.5) is 0 Å². The quantitative estimate of drug-likeness (QED) is 0.798. The van der Waals surface area contributed by atoms with E-state index in [1.165, 1.54) is 5.56 Å². The van der Waals surface area contributed by atoms with Crippen molar-refractivity contribution in [2.45, 2.75) is 26.3 Å². The van der Waals surface area contributed by atoms with Crippen LogP contribution in [0.3, 0.4) is 0 Å². The second-order valence-electron chi connectivity index (χ2n) is 4.72. The van der Waals surface area contributed by atoms with Crippen molar-refractivity contribution in [1.82, 2.24) is 4.90 Å². The number of rotatable bonds is 6. The maximum atomic E-state index is 5.57. The van der Waals surface area contributed by atoms with E-state index in [9.17, 15) is 0 Å². The summed E-state index contributed by atoms with van der Waals surface area (Å²) in [7, 11) is 2.19. The molecule has 0 aromatic heterocycles. The highest BCUT2D eigenvalue weighted by atomic mass is 15.1. The van der Waals surface area contributed by atoms with Gasteiger partial charge in [0.15, 0.2) is 0 Å². The fraction of sp³-hybridized carbons (Fsp3) is 0.571. The standard InChI is InChI=1S/C14H24N2/c1-12(2)14(16(3)11-7-10-15)13-8-5-4-6-9-13/h4-6,8-9,12,14H,7,10-11,15H2,1-3H3. The lowest BCUT2D eigenvalue weighted by molar-refractivity contribution is 0.193. The molecule has 0 aliphatic rings. The molecular formula is C14H24N2. The number of benzene rings is 1. The van der Waals surface area contributed by atoms with Crippen LogP contribution in [0, 0.1) is 5.92 Å². The van der Waals surface area contributed by atoms with Crippen LogP contribution in [0.25, 0.3) is 0 Å². The van der Waals surface area contributed by atoms with Crippen molar-refractivity contribution >= 4 is 0 Å². The zero-order valence-electron chi connectivity index (χ0n) is 10.7. The summed E-state index contributed by atoms with van der Waals surface area (Å²) in [5.74, 6) is 0.616. The summed E-state index contributed by atoms with van der Waals surface area (Å²) < 4.78 is 0. The SMILES string of the molecule is CC(C)C(c1ccccc1)N(C)CCCN. The first kappa shape index (κ1) is 13.2. The van der Waals surface area contributed by atoms with Crippen molar-refractivity contribution in [1.29, 1.82) is 0 Å². The Morgan fingerprint density at radius 3 is 2.31 bits per heavy atom. The largest absolute Gasteiger partial charge is 0.330 e. The van der Waals surface area contributed by atoms with Crippen LogP contribution in [0.15, 0.2) is 30.3 Å². The third-order valence-corrected chi connectivity index (χ3v) is 2.96. The first-order chi connectivity index (χ1) is 7.66. The van der Waals surface area contributed by atoms with Gasteiger partial charge in [-0.1, -0.05) is 44.2 Å². The van der Waals surface area contributed by atoms with Crippen LogP contribution in [-0.2, 0) is 0 Å². The third kappa shape index (κ3) is 3.62. The Morgan fingerprint density at radius 1 is 1.19 bits per heavy atom. The number of nitrogens with zero attached hydrogens (tertiary/aromatic N) is 1. The molecule has 0 aliphatic carbocycles. The van der Waals surface area contributed by atoms with Gasteiger partial charge in [0, 0.05) is 6.04 Å². The zero-order chi connectivity index (χ0) is 12.0. The molecule has 1 rings (SSSR count). The molecule has 1 atom stereocenters. The second-order valence-corrected chi connectivity index (χ2v) is 4.72. The van der Waals surface area contributed by atoms with Crippen LogP contribution in [0.1, 0.15) is 31.9 Å². The predicted molar refractivity (Wildman–Crippen MR) is 70.3 cm³/mol. The van der Waals surface area contributed by atoms with Gasteiger partial charge in [-0.3, -0.25) is 4.90 Å². The highest BCUT2D eigenvalue weighted by Gasteiger charge is 2.19. The van der Waals surface area contributed by atoms with E-state index in [-0.39, 0.29) is 0 Å². The average molecular weight is 220 g/mol. The minimum absolute atomic E-state index is 0.493. The molecule has 0 fully saturated rings. The van der Waals surface area contributed by atoms with Gasteiger partial charge in [-0.25, -0.2) is 0 Å². The lowest BCUT2D eigenvalue weighted by atomic mass is 9.94. The van der Waals surface area contributed by atoms with Gasteiger partial charge in [0.05, 0.1) is 0 Å². The molecule has 0 saturated carbocycles. The van der Waals surface area contributed by atoms with E-state index in [0.717, 1.165) is 19.5 Å². The van der Waals surface area contributed by atoms with Gasteiger partial charge in [-0.2, -0.15) is 0 Å². The van der Waals surface area contributed by atoms with Crippen LogP contribution in [0.2, 0.25) is 0 Å². The van der Waals surface area contributed by atoms with E-state index in [1.54, 1.807) is 0 Å². The Hall–Kier alpha value is -0.860. The molecule has 2 nitrogen and oxygen atoms in total. The van der Waals surface area contributed by atoms with Crippen LogP contribution < -0.4 is 5.73 Å². The summed E-state index contributed by atoms with van der Waals surface area (Å²) in [6, 6.07) is 11.2. The lowest BCUT2D eigenvalue weighted by Crippen LogP contribution is -2.30. The molecule has 16 heavy (non-hydrogen) atoms. The van der Waals surface area contributed by atoms with E-state index in [4.69, 9.17) is 5.73 Å². The predicted octanol–water partition coefficient (Wildman–Crippen LogP) is 2.66. The molecule has 0 heterocycles. The van der Waals surface area contributed by atoms with Crippen molar-refractivity contribution in [3.8, 4) is 0 Å². The second kappa shape index (κ2) is 6.66. The smallest absolute Gasteiger partial charge is 0.0367 e. The fourth-order valence-corrected chi connectivity index (χ4v) is 2.28. The van der Waals surface area contributed by atoms with E-state index < -0.39 is 0 Å². The maximum absolute atomic E-state index is 5.57. The van der Waals surface area contributed by atoms with Gasteiger partial charge in [0.25, 0.3) is 0 Å². The Kier molecular flexibility index (Phi) is 5.50. The summed E-state index contributed by atoms with van der Waals surface area (Å²) in [5.41, 5.74) is 6.97. The molecule has 2 N–H and O–H groups in total. The molecule has 1 aromatic carbocycles. The molecule has 90 valence electrons. The highest BCUT2D eigenvalue weighted by molar-refractivity contribution is 5.19. The number of hydrogen-bond donors (Lipinski definition) is 1. The Balaban J connectivity index is 2.75. The normalized spacial score (nSPS) is 13.4. The first-order valence-corrected chi connectivity index (χ1v) is 6.12. The summed E-state index contributed by atoms with van der Waals surface area (Å²) in [6.07, 6.45) is 1.06. The maximum Gasteiger partial charge on any atom is 0.0367 e. The summed E-state index contributed by atoms with van der Waals surface area (Å²) >= 11 is 0. The van der Waals surface area contributed by atoms with Crippen LogP contribution in [0.5, 0.6) is 0 Å². The zero-order valence-corrected chi connectivity index (χ0v) is 10.7. The molecular weight excluding hydrogens is 196 g/mol. The summed E-state index contributed by atoms with van der Waals surface area (Å²) in [6.45, 7) is 6.38. The van der Waals surface area contributed by atoms with Gasteiger partial charge in [0.1, 0.15) is 0 Å². The Bertz CT molecular complexity index is 282. The minimum Gasteiger partial charge on any atom is -0.330 e. The van der Waals surface area contributed by atoms with Crippen molar-refractivity contribution < 1.29 is 0 Å². The van der Waals surface area contributed by atoms with E-state index in [2.05, 4.69) is 56.1 Å². The van der Waals surface area contributed by atoms with Gasteiger partial charge >= 0.3 is 0 Å². The first-order valence-electron chi connectivity index (χ1n) is 6.12. The van der Waals surface area contributed by atoms with E-state index >= 15 is 0 Å². The molecule has 0 aliphatic heterocycles. The molecule has 2 heteroatoms. The van der Waals surface area contributed by atoms with Gasteiger partial charge in [-0.15, -0.1) is 0 Å². The molecule has 0 spiro atoms. The molecule has 0 radical (unpaired) electrons. The third-order valence-electron chi connectivity index (χ3n) is 2.96. The van der Waals surface area contributed by atoms with Crippen LogP contribution in [-0.4, -0.2) is 25.0 Å². The molecule has 0 bridgehead atoms. The number of hydrogen-bond acceptors (Lipinski definition) is 2. The highest BCUT2D eigenvalue weighted by Crippen LogP contribution is 2.27. The van der Waals surface area contributed by atoms with Crippen LogP contribution >= 0.6 is 0 Å². The van der Waals surface area contributed by atoms with Gasteiger partial charge in [-0.05, 0) is 38.0 Å². The minimum atomic E-state index is 0.493. The van der Waals surface area contributed by atoms with Crippen molar-refractivity contribution in [3.05, 3.63) is 35.9 Å². The van der Waals surface area contributed by atoms with Gasteiger partial charge in [0.2, 0.25) is 0 Å².